The first-order chi connectivity index (χ1) is 7.81. The molecule has 6 nitrogen and oxygen atoms in total. The molecule has 0 amide bonds. The summed E-state index contributed by atoms with van der Waals surface area (Å²) in [7, 11) is -3.83. The Morgan fingerprint density at radius 2 is 1.76 bits per heavy atom. The van der Waals surface area contributed by atoms with Crippen LogP contribution in [0.4, 0.5) is 0 Å². The predicted octanol–water partition coefficient (Wildman–Crippen LogP) is 0.505. The minimum atomic E-state index is -3.83. The van der Waals surface area contributed by atoms with E-state index in [2.05, 4.69) is 28.8 Å². The normalized spacial score (nSPS) is 11.9. The van der Waals surface area contributed by atoms with Crippen LogP contribution in [0.5, 0.6) is 0 Å². The van der Waals surface area contributed by atoms with Gasteiger partial charge in [0.05, 0.1) is 0 Å². The zero-order valence-electron chi connectivity index (χ0n) is 9.49. The van der Waals surface area contributed by atoms with E-state index < -0.39 is 9.05 Å². The highest BCUT2D eigenvalue weighted by Gasteiger charge is 1.89. The Bertz CT molecular complexity index is 285. The van der Waals surface area contributed by atoms with Gasteiger partial charge in [-0.3, -0.25) is 14.1 Å². The smallest absolute Gasteiger partial charge is 0.263 e. The van der Waals surface area contributed by atoms with Crippen molar-refractivity contribution < 1.29 is 18.4 Å². The van der Waals surface area contributed by atoms with E-state index >= 15 is 0 Å². The van der Waals surface area contributed by atoms with E-state index in [1.807, 2.05) is 0 Å². The summed E-state index contributed by atoms with van der Waals surface area (Å²) in [6, 6.07) is 0. The average Bonchev–Trinajstić information content (AvgIpc) is 2.20. The second-order valence-electron chi connectivity index (χ2n) is 3.12. The van der Waals surface area contributed by atoms with Crippen LogP contribution in [0.25, 0.3) is 0 Å². The molecule has 104 valence electrons. The number of thiol groups is 1. The molecule has 0 atom stereocenters. The molecule has 0 aromatic rings. The van der Waals surface area contributed by atoms with Gasteiger partial charge in [0.1, 0.15) is 5.84 Å². The molecular weight excluding hydrogens is 284 g/mol. The van der Waals surface area contributed by atoms with Gasteiger partial charge < -0.3 is 10.8 Å². The third kappa shape index (κ3) is 31.4. The largest absolute Gasteiger partial charge is 0.396 e. The van der Waals surface area contributed by atoms with Crippen LogP contribution < -0.4 is 5.73 Å². The Morgan fingerprint density at radius 3 is 2.18 bits per heavy atom. The number of nitrogens with zero attached hydrogens (tertiary/aromatic N) is 1. The van der Waals surface area contributed by atoms with Crippen LogP contribution in [-0.2, 0) is 20.2 Å². The summed E-state index contributed by atoms with van der Waals surface area (Å²) in [6.45, 7) is 1.08. The van der Waals surface area contributed by atoms with Gasteiger partial charge in [0.2, 0.25) is 0 Å². The second kappa shape index (κ2) is 12.5. The van der Waals surface area contributed by atoms with Gasteiger partial charge in [0.25, 0.3) is 9.05 Å². The molecule has 5 N–H and O–H groups in total. The number of aliphatic imine (C=N–C) groups is 1. The third-order valence-corrected chi connectivity index (χ3v) is 1.87. The lowest BCUT2D eigenvalue weighted by Gasteiger charge is -1.97. The molecule has 0 spiro atoms. The number of rotatable bonds is 7. The van der Waals surface area contributed by atoms with Crippen LogP contribution in [0, 0.1) is 0 Å². The highest BCUT2D eigenvalue weighted by atomic mass is 32.9. The van der Waals surface area contributed by atoms with E-state index in [0.29, 0.717) is 18.2 Å². The highest BCUT2D eigenvalue weighted by molar-refractivity contribution is 8.26. The fourth-order valence-electron chi connectivity index (χ4n) is 0.850. The van der Waals surface area contributed by atoms with Crippen molar-refractivity contribution in [1.29, 1.82) is 0 Å². The summed E-state index contributed by atoms with van der Waals surface area (Å²) in [6.07, 6.45) is 4.14. The van der Waals surface area contributed by atoms with Crippen LogP contribution in [-0.4, -0.2) is 43.2 Å². The highest BCUT2D eigenvalue weighted by Crippen LogP contribution is 1.98. The minimum absolute atomic E-state index is 0.294. The predicted molar refractivity (Wildman–Crippen MR) is 76.7 cm³/mol. The van der Waals surface area contributed by atoms with Crippen molar-refractivity contribution in [2.24, 2.45) is 10.7 Å². The molecule has 17 heavy (non-hydrogen) atoms. The Labute approximate surface area is 112 Å². The molecule has 0 aliphatic carbocycles. The third-order valence-electron chi connectivity index (χ3n) is 1.54. The molecule has 0 aliphatic rings. The van der Waals surface area contributed by atoms with E-state index in [0.717, 1.165) is 32.2 Å². The van der Waals surface area contributed by atoms with E-state index in [-0.39, 0.29) is 0 Å². The Kier molecular flexibility index (Phi) is 14.3. The number of aliphatic hydroxyl groups is 1. The summed E-state index contributed by atoms with van der Waals surface area (Å²) in [5, 5.41) is 8.49. The van der Waals surface area contributed by atoms with E-state index in [1.165, 1.54) is 0 Å². The van der Waals surface area contributed by atoms with Crippen molar-refractivity contribution in [2.75, 3.05) is 18.9 Å². The number of amidine groups is 1. The number of hydrogen-bond donors (Lipinski definition) is 5. The summed E-state index contributed by atoms with van der Waals surface area (Å²) in [4.78, 5) is 4.10. The van der Waals surface area contributed by atoms with Gasteiger partial charge in [-0.25, -0.2) is 0 Å². The van der Waals surface area contributed by atoms with Crippen LogP contribution in [0.3, 0.4) is 0 Å². The minimum Gasteiger partial charge on any atom is -0.396 e. The summed E-state index contributed by atoms with van der Waals surface area (Å²) in [5.74, 6) is 1.15. The van der Waals surface area contributed by atoms with Crippen molar-refractivity contribution in [3.05, 3.63) is 0 Å². The zero-order valence-corrected chi connectivity index (χ0v) is 12.0. The van der Waals surface area contributed by atoms with Gasteiger partial charge in [-0.15, -0.1) is 0 Å². The zero-order chi connectivity index (χ0) is 13.7. The first kappa shape index (κ1) is 19.4. The standard InChI is InChI=1S/C8H18N2OS.H2O3S2/c9-8(7-12)10-5-3-1-2-4-6-11;1-5(2,3)4/h11-12H,1-7H2,(H2,9,10);(H2,1,2,3,4). The summed E-state index contributed by atoms with van der Waals surface area (Å²) < 4.78 is 24.0. The Hall–Kier alpha value is 0.0700. The molecule has 9 heteroatoms. The first-order valence-electron chi connectivity index (χ1n) is 5.01. The van der Waals surface area contributed by atoms with Crippen molar-refractivity contribution in [2.45, 2.75) is 25.7 Å². The number of hydrogen-bond acceptors (Lipinski definition) is 5. The van der Waals surface area contributed by atoms with Crippen molar-refractivity contribution in [3.8, 4) is 0 Å². The van der Waals surface area contributed by atoms with Crippen LogP contribution in [0.15, 0.2) is 4.99 Å². The molecule has 0 unspecified atom stereocenters. The molecule has 0 aliphatic heterocycles. The molecule has 0 aromatic heterocycles. The lowest BCUT2D eigenvalue weighted by molar-refractivity contribution is 0.282. The molecule has 0 saturated carbocycles. The van der Waals surface area contributed by atoms with Gasteiger partial charge in [-0.2, -0.15) is 16.8 Å². The first-order valence-corrected chi connectivity index (χ1v) is 8.04. The van der Waals surface area contributed by atoms with E-state index in [1.54, 1.807) is 0 Å². The van der Waals surface area contributed by atoms with Crippen LogP contribution >= 0.6 is 12.6 Å². The summed E-state index contributed by atoms with van der Waals surface area (Å²) in [5.41, 5.74) is 5.45. The molecule has 0 rings (SSSR count). The lowest BCUT2D eigenvalue weighted by Crippen LogP contribution is -2.13. The quantitative estimate of drug-likeness (QED) is 0.202. The number of aliphatic hydroxyl groups excluding tert-OH is 1. The molecule has 0 radical (unpaired) electrons. The van der Waals surface area contributed by atoms with Crippen LogP contribution in [0.2, 0.25) is 0 Å². The van der Waals surface area contributed by atoms with Crippen molar-refractivity contribution in [1.82, 2.24) is 0 Å². The maximum atomic E-state index is 9.11. The fourth-order valence-corrected chi connectivity index (χ4v) is 0.950. The monoisotopic (exact) mass is 304 g/mol. The molecule has 0 bridgehead atoms. The van der Waals surface area contributed by atoms with Gasteiger partial charge >= 0.3 is 0 Å². The maximum Gasteiger partial charge on any atom is 0.263 e. The maximum absolute atomic E-state index is 9.11. The summed E-state index contributed by atoms with van der Waals surface area (Å²) >= 11 is 7.45. The van der Waals surface area contributed by atoms with Crippen molar-refractivity contribution >= 4 is 38.7 Å². The lowest BCUT2D eigenvalue weighted by atomic mass is 10.2. The fraction of sp³-hybridized carbons (Fsp3) is 0.875. The van der Waals surface area contributed by atoms with E-state index in [9.17, 15) is 0 Å². The topological polar surface area (TPSA) is 116 Å². The molecule has 0 aromatic carbocycles. The molecule has 0 heterocycles. The molecule has 0 fully saturated rings. The van der Waals surface area contributed by atoms with Crippen LogP contribution in [0.1, 0.15) is 25.7 Å². The molecular formula is C8H20N2O4S3. The van der Waals surface area contributed by atoms with Gasteiger partial charge in [-0.05, 0) is 12.8 Å². The Morgan fingerprint density at radius 1 is 1.29 bits per heavy atom. The van der Waals surface area contributed by atoms with Crippen molar-refractivity contribution in [3.63, 3.8) is 0 Å². The second-order valence-corrected chi connectivity index (χ2v) is 5.63. The van der Waals surface area contributed by atoms with Gasteiger partial charge in [0.15, 0.2) is 0 Å². The van der Waals surface area contributed by atoms with Gasteiger partial charge in [0, 0.05) is 30.1 Å². The number of nitrogens with two attached hydrogens (primary N) is 1. The number of unbranched alkanes of at least 4 members (excludes halogenated alkanes) is 3. The van der Waals surface area contributed by atoms with E-state index in [4.69, 9.17) is 24.2 Å². The average molecular weight is 304 g/mol. The SMILES string of the molecule is NC(CS)=NCCCCCCO.O=S(O)(O)=S. The molecule has 0 saturated heterocycles. The van der Waals surface area contributed by atoms with Gasteiger partial charge in [-0.1, -0.05) is 12.8 Å². The Balaban J connectivity index is 0.